The maximum Gasteiger partial charge on any atom is 0.233 e. The highest BCUT2D eigenvalue weighted by Crippen LogP contribution is 2.30. The zero-order valence-electron chi connectivity index (χ0n) is 13.0. The van der Waals surface area contributed by atoms with E-state index in [9.17, 15) is 0 Å². The monoisotopic (exact) mass is 291 g/mol. The van der Waals surface area contributed by atoms with E-state index in [2.05, 4.69) is 34.5 Å². The fraction of sp³-hybridized carbons (Fsp3) is 0.500. The lowest BCUT2D eigenvalue weighted by molar-refractivity contribution is 0.386. The van der Waals surface area contributed by atoms with Gasteiger partial charge in [0, 0.05) is 12.1 Å². The van der Waals surface area contributed by atoms with Crippen LogP contribution in [0.15, 0.2) is 18.3 Å². The summed E-state index contributed by atoms with van der Waals surface area (Å²) >= 11 is 0. The number of rotatable bonds is 6. The van der Waals surface area contributed by atoms with Gasteiger partial charge in [-0.3, -0.25) is 4.68 Å². The second kappa shape index (κ2) is 6.53. The number of ether oxygens (including phenoxy) is 2. The van der Waals surface area contributed by atoms with E-state index in [1.165, 1.54) is 0 Å². The zero-order valence-corrected chi connectivity index (χ0v) is 13.0. The summed E-state index contributed by atoms with van der Waals surface area (Å²) < 4.78 is 12.4. The topological polar surface area (TPSA) is 74.1 Å². The molecular weight excluding hydrogens is 270 g/mol. The first kappa shape index (κ1) is 15.2. The molecule has 0 radical (unpaired) electrons. The lowest BCUT2D eigenvalue weighted by Gasteiger charge is -2.20. The van der Waals surface area contributed by atoms with Crippen molar-refractivity contribution < 1.29 is 9.47 Å². The smallest absolute Gasteiger partial charge is 0.233 e. The standard InChI is InChI=1S/C14H21N5O2/c1-9(2)19-14(11(20-4)8-16-19)13(15-3)10-6-7-12(21-5)18-17-10/h6-9,13,15H,1-5H3. The van der Waals surface area contributed by atoms with E-state index >= 15 is 0 Å². The molecule has 2 aromatic rings. The number of nitrogens with one attached hydrogen (secondary N) is 1. The summed E-state index contributed by atoms with van der Waals surface area (Å²) in [6.07, 6.45) is 1.72. The molecule has 21 heavy (non-hydrogen) atoms. The quantitative estimate of drug-likeness (QED) is 0.871. The third kappa shape index (κ3) is 2.97. The van der Waals surface area contributed by atoms with Crippen LogP contribution in [-0.2, 0) is 0 Å². The Kier molecular flexibility index (Phi) is 4.74. The molecule has 0 spiro atoms. The zero-order chi connectivity index (χ0) is 15.4. The van der Waals surface area contributed by atoms with Crippen molar-refractivity contribution in [3.05, 3.63) is 29.7 Å². The van der Waals surface area contributed by atoms with Crippen LogP contribution in [0.25, 0.3) is 0 Å². The van der Waals surface area contributed by atoms with Gasteiger partial charge in [-0.2, -0.15) is 5.10 Å². The van der Waals surface area contributed by atoms with E-state index in [-0.39, 0.29) is 12.1 Å². The minimum Gasteiger partial charge on any atom is -0.493 e. The molecule has 0 amide bonds. The van der Waals surface area contributed by atoms with Gasteiger partial charge in [-0.05, 0) is 27.0 Å². The molecule has 0 saturated carbocycles. The maximum absolute atomic E-state index is 5.43. The van der Waals surface area contributed by atoms with E-state index in [0.717, 1.165) is 17.1 Å². The Balaban J connectivity index is 2.47. The SMILES string of the molecule is CNC(c1ccc(OC)nn1)c1c(OC)cnn1C(C)C. The molecule has 7 heteroatoms. The highest BCUT2D eigenvalue weighted by molar-refractivity contribution is 5.34. The largest absolute Gasteiger partial charge is 0.493 e. The molecule has 0 aliphatic carbocycles. The summed E-state index contributed by atoms with van der Waals surface area (Å²) in [6.45, 7) is 4.14. The Bertz CT molecular complexity index is 580. The van der Waals surface area contributed by atoms with Crippen molar-refractivity contribution in [2.45, 2.75) is 25.9 Å². The average molecular weight is 291 g/mol. The van der Waals surface area contributed by atoms with Crippen molar-refractivity contribution in [3.63, 3.8) is 0 Å². The number of methoxy groups -OCH3 is 2. The van der Waals surface area contributed by atoms with Crippen LogP contribution in [0, 0.1) is 0 Å². The van der Waals surface area contributed by atoms with Gasteiger partial charge in [0.25, 0.3) is 0 Å². The Hall–Kier alpha value is -2.15. The van der Waals surface area contributed by atoms with Crippen molar-refractivity contribution in [2.75, 3.05) is 21.3 Å². The highest BCUT2D eigenvalue weighted by Gasteiger charge is 2.25. The third-order valence-corrected chi connectivity index (χ3v) is 3.24. The molecule has 1 atom stereocenters. The predicted octanol–water partition coefficient (Wildman–Crippen LogP) is 1.58. The summed E-state index contributed by atoms with van der Waals surface area (Å²) in [5, 5.41) is 15.9. The first-order valence-electron chi connectivity index (χ1n) is 6.78. The van der Waals surface area contributed by atoms with Gasteiger partial charge in [0.2, 0.25) is 5.88 Å². The van der Waals surface area contributed by atoms with Gasteiger partial charge in [0.15, 0.2) is 5.75 Å². The molecule has 1 N–H and O–H groups in total. The van der Waals surface area contributed by atoms with Crippen LogP contribution < -0.4 is 14.8 Å². The van der Waals surface area contributed by atoms with Crippen molar-refractivity contribution in [1.82, 2.24) is 25.3 Å². The Labute approximate surface area is 124 Å². The summed E-state index contributed by atoms with van der Waals surface area (Å²) in [7, 11) is 5.07. The van der Waals surface area contributed by atoms with Crippen molar-refractivity contribution in [1.29, 1.82) is 0 Å². The van der Waals surface area contributed by atoms with Crippen LogP contribution in [0.3, 0.4) is 0 Å². The van der Waals surface area contributed by atoms with Gasteiger partial charge in [-0.25, -0.2) is 0 Å². The Morgan fingerprint density at radius 2 is 1.90 bits per heavy atom. The van der Waals surface area contributed by atoms with E-state index in [4.69, 9.17) is 9.47 Å². The van der Waals surface area contributed by atoms with Gasteiger partial charge in [0.1, 0.15) is 5.69 Å². The molecule has 0 bridgehead atoms. The van der Waals surface area contributed by atoms with Gasteiger partial charge >= 0.3 is 0 Å². The molecule has 2 aromatic heterocycles. The van der Waals surface area contributed by atoms with Gasteiger partial charge < -0.3 is 14.8 Å². The molecule has 0 aliphatic rings. The van der Waals surface area contributed by atoms with Crippen LogP contribution in [0.4, 0.5) is 0 Å². The minimum absolute atomic E-state index is 0.164. The summed E-state index contributed by atoms with van der Waals surface area (Å²) in [4.78, 5) is 0. The molecule has 0 fully saturated rings. The lowest BCUT2D eigenvalue weighted by atomic mass is 10.1. The van der Waals surface area contributed by atoms with E-state index in [0.29, 0.717) is 5.88 Å². The van der Waals surface area contributed by atoms with Gasteiger partial charge in [0.05, 0.1) is 32.2 Å². The number of aromatic nitrogens is 4. The van der Waals surface area contributed by atoms with E-state index in [1.54, 1.807) is 26.5 Å². The Morgan fingerprint density at radius 3 is 2.38 bits per heavy atom. The summed E-state index contributed by atoms with van der Waals surface area (Å²) in [6, 6.07) is 3.72. The Morgan fingerprint density at radius 1 is 1.14 bits per heavy atom. The second-order valence-electron chi connectivity index (χ2n) is 4.86. The average Bonchev–Trinajstić information content (AvgIpc) is 2.93. The van der Waals surface area contributed by atoms with Crippen LogP contribution in [0.5, 0.6) is 11.6 Å². The lowest BCUT2D eigenvalue weighted by Crippen LogP contribution is -2.24. The highest BCUT2D eigenvalue weighted by atomic mass is 16.5. The van der Waals surface area contributed by atoms with Crippen LogP contribution in [0.2, 0.25) is 0 Å². The first-order chi connectivity index (χ1) is 10.1. The van der Waals surface area contributed by atoms with Gasteiger partial charge in [-0.1, -0.05) is 0 Å². The fourth-order valence-corrected chi connectivity index (χ4v) is 2.22. The number of hydrogen-bond donors (Lipinski definition) is 1. The third-order valence-electron chi connectivity index (χ3n) is 3.24. The molecule has 0 aromatic carbocycles. The van der Waals surface area contributed by atoms with E-state index in [1.807, 2.05) is 17.8 Å². The summed E-state index contributed by atoms with van der Waals surface area (Å²) in [5.74, 6) is 1.21. The van der Waals surface area contributed by atoms with Crippen LogP contribution in [0.1, 0.15) is 37.3 Å². The van der Waals surface area contributed by atoms with Crippen LogP contribution in [-0.4, -0.2) is 41.2 Å². The van der Waals surface area contributed by atoms with Crippen molar-refractivity contribution in [3.8, 4) is 11.6 Å². The van der Waals surface area contributed by atoms with Crippen molar-refractivity contribution >= 4 is 0 Å². The van der Waals surface area contributed by atoms with Crippen LogP contribution >= 0.6 is 0 Å². The number of hydrogen-bond acceptors (Lipinski definition) is 6. The molecule has 2 rings (SSSR count). The molecule has 1 unspecified atom stereocenters. The van der Waals surface area contributed by atoms with Gasteiger partial charge in [-0.15, -0.1) is 10.2 Å². The molecular formula is C14H21N5O2. The normalized spacial score (nSPS) is 12.5. The second-order valence-corrected chi connectivity index (χ2v) is 4.86. The predicted molar refractivity (Wildman–Crippen MR) is 78.7 cm³/mol. The molecule has 7 nitrogen and oxygen atoms in total. The molecule has 2 heterocycles. The summed E-state index contributed by atoms with van der Waals surface area (Å²) in [5.41, 5.74) is 1.70. The maximum atomic E-state index is 5.43. The fourth-order valence-electron chi connectivity index (χ4n) is 2.22. The molecule has 0 saturated heterocycles. The van der Waals surface area contributed by atoms with Crippen molar-refractivity contribution in [2.24, 2.45) is 0 Å². The number of nitrogens with zero attached hydrogens (tertiary/aromatic N) is 4. The minimum atomic E-state index is -0.164. The molecule has 0 aliphatic heterocycles. The molecule has 114 valence electrons. The van der Waals surface area contributed by atoms with E-state index < -0.39 is 0 Å². The first-order valence-corrected chi connectivity index (χ1v) is 6.78.